The Balaban J connectivity index is 2.49. The van der Waals surface area contributed by atoms with Gasteiger partial charge in [-0.25, -0.2) is 4.39 Å². The Morgan fingerprint density at radius 1 is 1.50 bits per heavy atom. The van der Waals surface area contributed by atoms with Crippen molar-refractivity contribution in [2.75, 3.05) is 19.8 Å². The summed E-state index contributed by atoms with van der Waals surface area (Å²) < 4.78 is 18.3. The van der Waals surface area contributed by atoms with Crippen molar-refractivity contribution < 1.29 is 13.9 Å². The zero-order valence-corrected chi connectivity index (χ0v) is 10.2. The summed E-state index contributed by atoms with van der Waals surface area (Å²) in [6, 6.07) is 5.39. The molecule has 96 valence electrons. The van der Waals surface area contributed by atoms with Crippen molar-refractivity contribution >= 4 is 5.91 Å². The minimum atomic E-state index is -0.625. The second kappa shape index (κ2) is 7.41. The second-order valence-electron chi connectivity index (χ2n) is 3.67. The molecule has 0 heterocycles. The maximum Gasteiger partial charge on any atom is 0.251 e. The Morgan fingerprint density at radius 3 is 2.94 bits per heavy atom. The van der Waals surface area contributed by atoms with Gasteiger partial charge in [0.1, 0.15) is 11.9 Å². The second-order valence-corrected chi connectivity index (χ2v) is 3.67. The number of benzene rings is 1. The Labute approximate surface area is 105 Å². The van der Waals surface area contributed by atoms with Crippen LogP contribution in [0, 0.1) is 17.1 Å². The van der Waals surface area contributed by atoms with Crippen LogP contribution >= 0.6 is 0 Å². The standard InChI is InChI=1S/C13H15FN2O2/c1-2-6-18-7-5-16-13(17)10-3-4-12(14)11(8-10)9-15/h3-4,8H,2,5-7H2,1H3,(H,16,17). The lowest BCUT2D eigenvalue weighted by Gasteiger charge is -2.06. The highest BCUT2D eigenvalue weighted by atomic mass is 19.1. The van der Waals surface area contributed by atoms with E-state index < -0.39 is 5.82 Å². The van der Waals surface area contributed by atoms with Gasteiger partial charge in [-0.15, -0.1) is 0 Å². The molecule has 18 heavy (non-hydrogen) atoms. The molecule has 0 saturated carbocycles. The molecule has 0 spiro atoms. The lowest BCUT2D eigenvalue weighted by molar-refractivity contribution is 0.0915. The van der Waals surface area contributed by atoms with Crippen LogP contribution in [0.3, 0.4) is 0 Å². The first-order chi connectivity index (χ1) is 8.69. The molecule has 1 aromatic rings. The topological polar surface area (TPSA) is 62.1 Å². The van der Waals surface area contributed by atoms with Gasteiger partial charge < -0.3 is 10.1 Å². The molecule has 1 aromatic carbocycles. The van der Waals surface area contributed by atoms with Gasteiger partial charge in [0.15, 0.2) is 0 Å². The average Bonchev–Trinajstić information content (AvgIpc) is 2.38. The summed E-state index contributed by atoms with van der Waals surface area (Å²) in [5.74, 6) is -0.966. The van der Waals surface area contributed by atoms with E-state index in [1.54, 1.807) is 6.07 Å². The van der Waals surface area contributed by atoms with Crippen LogP contribution in [-0.2, 0) is 4.74 Å². The highest BCUT2D eigenvalue weighted by Crippen LogP contribution is 2.09. The zero-order chi connectivity index (χ0) is 13.4. The van der Waals surface area contributed by atoms with E-state index >= 15 is 0 Å². The van der Waals surface area contributed by atoms with Crippen molar-refractivity contribution in [2.45, 2.75) is 13.3 Å². The summed E-state index contributed by atoms with van der Waals surface area (Å²) in [5, 5.41) is 11.3. The molecule has 0 fully saturated rings. The summed E-state index contributed by atoms with van der Waals surface area (Å²) in [7, 11) is 0. The lowest BCUT2D eigenvalue weighted by atomic mass is 10.1. The largest absolute Gasteiger partial charge is 0.380 e. The Hall–Kier alpha value is -1.93. The van der Waals surface area contributed by atoms with Crippen LogP contribution in [0.25, 0.3) is 0 Å². The van der Waals surface area contributed by atoms with E-state index in [0.29, 0.717) is 19.8 Å². The fourth-order valence-corrected chi connectivity index (χ4v) is 1.34. The predicted octanol–water partition coefficient (Wildman–Crippen LogP) is 1.85. The fourth-order valence-electron chi connectivity index (χ4n) is 1.34. The maximum atomic E-state index is 13.1. The molecule has 1 amide bonds. The van der Waals surface area contributed by atoms with Crippen molar-refractivity contribution in [2.24, 2.45) is 0 Å². The molecule has 0 aromatic heterocycles. The molecule has 0 radical (unpaired) electrons. The summed E-state index contributed by atoms with van der Waals surface area (Å²) >= 11 is 0. The van der Waals surface area contributed by atoms with E-state index in [1.165, 1.54) is 12.1 Å². The van der Waals surface area contributed by atoms with Crippen molar-refractivity contribution in [3.05, 3.63) is 35.1 Å². The monoisotopic (exact) mass is 250 g/mol. The summed E-state index contributed by atoms with van der Waals surface area (Å²) in [4.78, 5) is 11.7. The number of carbonyl (C=O) groups excluding carboxylic acids is 1. The number of carbonyl (C=O) groups is 1. The first-order valence-corrected chi connectivity index (χ1v) is 5.74. The molecule has 5 heteroatoms. The average molecular weight is 250 g/mol. The van der Waals surface area contributed by atoms with E-state index in [0.717, 1.165) is 12.5 Å². The van der Waals surface area contributed by atoms with E-state index in [9.17, 15) is 9.18 Å². The predicted molar refractivity (Wildman–Crippen MR) is 64.6 cm³/mol. The smallest absolute Gasteiger partial charge is 0.251 e. The van der Waals surface area contributed by atoms with Gasteiger partial charge in [-0.1, -0.05) is 6.92 Å². The normalized spacial score (nSPS) is 9.83. The molecule has 0 atom stereocenters. The minimum absolute atomic E-state index is 0.134. The number of hydrogen-bond donors (Lipinski definition) is 1. The Bertz CT molecular complexity index is 455. The van der Waals surface area contributed by atoms with Crippen LogP contribution in [0.2, 0.25) is 0 Å². The molecular formula is C13H15FN2O2. The number of amides is 1. The molecule has 0 bridgehead atoms. The third kappa shape index (κ3) is 4.15. The fraction of sp³-hybridized carbons (Fsp3) is 0.385. The van der Waals surface area contributed by atoms with Gasteiger partial charge in [0.05, 0.1) is 12.2 Å². The minimum Gasteiger partial charge on any atom is -0.380 e. The van der Waals surface area contributed by atoms with Gasteiger partial charge >= 0.3 is 0 Å². The number of nitrogens with zero attached hydrogens (tertiary/aromatic N) is 1. The number of hydrogen-bond acceptors (Lipinski definition) is 3. The van der Waals surface area contributed by atoms with Gasteiger partial charge in [-0.05, 0) is 24.6 Å². The van der Waals surface area contributed by atoms with Gasteiger partial charge in [0.2, 0.25) is 0 Å². The molecule has 0 unspecified atom stereocenters. The van der Waals surface area contributed by atoms with Crippen LogP contribution < -0.4 is 5.32 Å². The van der Waals surface area contributed by atoms with Crippen molar-refractivity contribution in [1.29, 1.82) is 5.26 Å². The van der Waals surface area contributed by atoms with Crippen LogP contribution in [0.4, 0.5) is 4.39 Å². The van der Waals surface area contributed by atoms with Gasteiger partial charge in [0.25, 0.3) is 5.91 Å². The van der Waals surface area contributed by atoms with Crippen molar-refractivity contribution in [1.82, 2.24) is 5.32 Å². The third-order valence-corrected chi connectivity index (χ3v) is 2.23. The quantitative estimate of drug-likeness (QED) is 0.784. The van der Waals surface area contributed by atoms with Crippen molar-refractivity contribution in [3.8, 4) is 6.07 Å². The summed E-state index contributed by atoms with van der Waals surface area (Å²) in [6.45, 7) is 3.48. The number of halogens is 1. The molecule has 1 rings (SSSR count). The van der Waals surface area contributed by atoms with E-state index in [4.69, 9.17) is 10.00 Å². The number of rotatable bonds is 6. The number of nitriles is 1. The molecule has 0 aliphatic carbocycles. The van der Waals surface area contributed by atoms with Gasteiger partial charge in [-0.2, -0.15) is 5.26 Å². The first kappa shape index (κ1) is 14.1. The Kier molecular flexibility index (Phi) is 5.81. The molecule has 4 nitrogen and oxygen atoms in total. The third-order valence-electron chi connectivity index (χ3n) is 2.23. The van der Waals surface area contributed by atoms with E-state index in [-0.39, 0.29) is 17.0 Å². The molecule has 1 N–H and O–H groups in total. The number of ether oxygens (including phenoxy) is 1. The summed E-state index contributed by atoms with van der Waals surface area (Å²) in [6.07, 6.45) is 0.928. The highest BCUT2D eigenvalue weighted by molar-refractivity contribution is 5.94. The van der Waals surface area contributed by atoms with Crippen LogP contribution in [0.1, 0.15) is 29.3 Å². The zero-order valence-electron chi connectivity index (χ0n) is 10.2. The SMILES string of the molecule is CCCOCCNC(=O)c1ccc(F)c(C#N)c1. The Morgan fingerprint density at radius 2 is 2.28 bits per heavy atom. The van der Waals surface area contributed by atoms with E-state index in [2.05, 4.69) is 5.32 Å². The molecule has 0 aliphatic heterocycles. The lowest BCUT2D eigenvalue weighted by Crippen LogP contribution is -2.27. The van der Waals surface area contributed by atoms with Crippen LogP contribution in [0.15, 0.2) is 18.2 Å². The maximum absolute atomic E-state index is 13.1. The van der Waals surface area contributed by atoms with Crippen LogP contribution in [-0.4, -0.2) is 25.7 Å². The van der Waals surface area contributed by atoms with Crippen LogP contribution in [0.5, 0.6) is 0 Å². The molecule has 0 aliphatic rings. The summed E-state index contributed by atoms with van der Waals surface area (Å²) in [5.41, 5.74) is 0.133. The van der Waals surface area contributed by atoms with E-state index in [1.807, 2.05) is 6.92 Å². The number of nitrogens with one attached hydrogen (secondary N) is 1. The first-order valence-electron chi connectivity index (χ1n) is 5.74. The highest BCUT2D eigenvalue weighted by Gasteiger charge is 2.08. The van der Waals surface area contributed by atoms with Crippen molar-refractivity contribution in [3.63, 3.8) is 0 Å². The van der Waals surface area contributed by atoms with Gasteiger partial charge in [-0.3, -0.25) is 4.79 Å². The molecular weight excluding hydrogens is 235 g/mol. The van der Waals surface area contributed by atoms with Gasteiger partial charge in [0, 0.05) is 18.7 Å². The molecule has 0 saturated heterocycles.